The first kappa shape index (κ1) is 32.3. The summed E-state index contributed by atoms with van der Waals surface area (Å²) in [5.74, 6) is 1.94. The molecule has 2 aromatic carbocycles. The third-order valence-corrected chi connectivity index (χ3v) is 8.76. The van der Waals surface area contributed by atoms with Gasteiger partial charge in [0.15, 0.2) is 5.82 Å². The molecule has 0 unspecified atom stereocenters. The van der Waals surface area contributed by atoms with Gasteiger partial charge in [0.05, 0.1) is 30.2 Å². The smallest absolute Gasteiger partial charge is 0.253 e. The Morgan fingerprint density at radius 1 is 1.02 bits per heavy atom. The van der Waals surface area contributed by atoms with E-state index < -0.39 is 0 Å². The van der Waals surface area contributed by atoms with Crippen molar-refractivity contribution in [2.24, 2.45) is 5.92 Å². The van der Waals surface area contributed by atoms with Crippen molar-refractivity contribution in [3.63, 3.8) is 0 Å². The number of aromatic nitrogens is 2. The molecule has 11 nitrogen and oxygen atoms in total. The van der Waals surface area contributed by atoms with Crippen LogP contribution in [0.25, 0.3) is 0 Å². The number of nitrogens with zero attached hydrogens (tertiary/aromatic N) is 4. The van der Waals surface area contributed by atoms with E-state index in [-0.39, 0.29) is 11.8 Å². The number of anilines is 5. The highest BCUT2D eigenvalue weighted by Crippen LogP contribution is 2.33. The fourth-order valence-corrected chi connectivity index (χ4v) is 6.11. The molecule has 2 fully saturated rings. The Morgan fingerprint density at radius 3 is 2.56 bits per heavy atom. The van der Waals surface area contributed by atoms with Crippen LogP contribution in [-0.2, 0) is 4.79 Å². The molecular formula is C33H43ClN8O3. The minimum absolute atomic E-state index is 0.210. The largest absolute Gasteiger partial charge is 0.494 e. The number of rotatable bonds is 13. The molecule has 4 N–H and O–H groups in total. The lowest BCUT2D eigenvalue weighted by Crippen LogP contribution is -2.47. The van der Waals surface area contributed by atoms with Gasteiger partial charge in [-0.15, -0.1) is 0 Å². The van der Waals surface area contributed by atoms with Crippen molar-refractivity contribution in [2.45, 2.75) is 38.5 Å². The van der Waals surface area contributed by atoms with Crippen LogP contribution in [0, 0.1) is 5.92 Å². The van der Waals surface area contributed by atoms with E-state index in [1.807, 2.05) is 18.2 Å². The SMILES string of the molecule is CNC(=O)c1ccccc1Nc1nc(Nc2ccc(N3CCN(CCCNC(=O)CC4CCCC4)CC3)cc2OC)ncc1Cl. The number of hydrogen-bond donors (Lipinski definition) is 4. The maximum Gasteiger partial charge on any atom is 0.253 e. The van der Waals surface area contributed by atoms with Gasteiger partial charge in [-0.3, -0.25) is 14.5 Å². The Morgan fingerprint density at radius 2 is 1.80 bits per heavy atom. The molecule has 0 atom stereocenters. The standard InChI is InChI=1S/C33H43ClN8O3/c1-35-32(44)25-10-5-6-11-27(25)38-31-26(34)22-37-33(40-31)39-28-13-12-24(21-29(28)45-2)42-18-16-41(17-19-42)15-7-14-36-30(43)20-23-8-3-4-9-23/h5-6,10-13,21-23H,3-4,7-9,14-20H2,1-2H3,(H,35,44)(H,36,43)(H2,37,38,39,40). The second-order valence-corrected chi connectivity index (χ2v) is 11.9. The maximum atomic E-state index is 12.3. The Hall–Kier alpha value is -4.09. The predicted octanol–water partition coefficient (Wildman–Crippen LogP) is 5.19. The van der Waals surface area contributed by atoms with Crippen LogP contribution in [0.5, 0.6) is 5.75 Å². The number of piperazine rings is 1. The average Bonchev–Trinajstić information content (AvgIpc) is 3.58. The number of halogens is 1. The molecule has 2 aliphatic rings. The second-order valence-electron chi connectivity index (χ2n) is 11.5. The van der Waals surface area contributed by atoms with E-state index >= 15 is 0 Å². The van der Waals surface area contributed by atoms with Gasteiger partial charge >= 0.3 is 0 Å². The summed E-state index contributed by atoms with van der Waals surface area (Å²) in [7, 11) is 3.22. The van der Waals surface area contributed by atoms with Gasteiger partial charge in [-0.05, 0) is 56.0 Å². The molecule has 12 heteroatoms. The van der Waals surface area contributed by atoms with Crippen molar-refractivity contribution in [3.05, 3.63) is 59.2 Å². The number of nitrogens with one attached hydrogen (secondary N) is 4. The molecule has 0 bridgehead atoms. The molecule has 5 rings (SSSR count). The monoisotopic (exact) mass is 634 g/mol. The van der Waals surface area contributed by atoms with Gasteiger partial charge in [-0.1, -0.05) is 36.6 Å². The summed E-state index contributed by atoms with van der Waals surface area (Å²) in [6, 6.07) is 13.2. The van der Waals surface area contributed by atoms with E-state index in [2.05, 4.69) is 47.1 Å². The molecule has 1 aliphatic heterocycles. The van der Waals surface area contributed by atoms with Crippen LogP contribution in [0.3, 0.4) is 0 Å². The summed E-state index contributed by atoms with van der Waals surface area (Å²) in [4.78, 5) is 38.2. The summed E-state index contributed by atoms with van der Waals surface area (Å²) < 4.78 is 5.72. The molecule has 2 heterocycles. The normalized spacial score (nSPS) is 15.5. The number of para-hydroxylation sites is 1. The van der Waals surface area contributed by atoms with Crippen LogP contribution in [0.4, 0.5) is 28.8 Å². The van der Waals surface area contributed by atoms with Gasteiger partial charge < -0.3 is 30.9 Å². The van der Waals surface area contributed by atoms with Crippen molar-refractivity contribution in [3.8, 4) is 5.75 Å². The Kier molecular flexibility index (Phi) is 11.3. The molecule has 1 aliphatic carbocycles. The van der Waals surface area contributed by atoms with Crippen LogP contribution in [0.2, 0.25) is 5.02 Å². The molecule has 0 spiro atoms. The molecular weight excluding hydrogens is 592 g/mol. The van der Waals surface area contributed by atoms with Crippen LogP contribution in [-0.4, -0.2) is 80.1 Å². The van der Waals surface area contributed by atoms with Crippen molar-refractivity contribution >= 4 is 52.2 Å². The van der Waals surface area contributed by atoms with Gasteiger partial charge in [-0.2, -0.15) is 4.98 Å². The predicted molar refractivity (Wildman–Crippen MR) is 179 cm³/mol. The molecule has 240 valence electrons. The summed E-state index contributed by atoms with van der Waals surface area (Å²) in [6.07, 6.45) is 8.12. The summed E-state index contributed by atoms with van der Waals surface area (Å²) >= 11 is 6.40. The number of hydrogen-bond acceptors (Lipinski definition) is 9. The van der Waals surface area contributed by atoms with E-state index in [4.69, 9.17) is 16.3 Å². The van der Waals surface area contributed by atoms with Gasteiger partial charge in [-0.25, -0.2) is 4.98 Å². The highest BCUT2D eigenvalue weighted by molar-refractivity contribution is 6.33. The maximum absolute atomic E-state index is 12.3. The summed E-state index contributed by atoms with van der Waals surface area (Å²) in [5, 5.41) is 12.5. The fourth-order valence-electron chi connectivity index (χ4n) is 5.98. The van der Waals surface area contributed by atoms with Crippen LogP contribution < -0.4 is 30.9 Å². The van der Waals surface area contributed by atoms with Crippen molar-refractivity contribution in [2.75, 3.05) is 69.0 Å². The van der Waals surface area contributed by atoms with E-state index in [9.17, 15) is 9.59 Å². The average molecular weight is 635 g/mol. The lowest BCUT2D eigenvalue weighted by Gasteiger charge is -2.36. The number of carbonyl (C=O) groups excluding carboxylic acids is 2. The number of amides is 2. The lowest BCUT2D eigenvalue weighted by atomic mass is 10.0. The number of ether oxygens (including phenoxy) is 1. The zero-order valence-corrected chi connectivity index (χ0v) is 26.8. The molecule has 2 amide bonds. The molecule has 1 saturated carbocycles. The van der Waals surface area contributed by atoms with Crippen LogP contribution in [0.15, 0.2) is 48.7 Å². The first-order valence-corrected chi connectivity index (χ1v) is 16.1. The van der Waals surface area contributed by atoms with Gasteiger partial charge in [0.25, 0.3) is 5.91 Å². The molecule has 3 aromatic rings. The first-order valence-electron chi connectivity index (χ1n) is 15.7. The highest BCUT2D eigenvalue weighted by atomic mass is 35.5. The van der Waals surface area contributed by atoms with Gasteiger partial charge in [0.2, 0.25) is 11.9 Å². The van der Waals surface area contributed by atoms with Gasteiger partial charge in [0, 0.05) is 57.9 Å². The number of carbonyl (C=O) groups is 2. The number of methoxy groups -OCH3 is 1. The second kappa shape index (κ2) is 15.8. The van der Waals surface area contributed by atoms with E-state index in [0.29, 0.717) is 51.8 Å². The van der Waals surface area contributed by atoms with Crippen molar-refractivity contribution in [1.29, 1.82) is 0 Å². The molecule has 45 heavy (non-hydrogen) atoms. The Bertz CT molecular complexity index is 1460. The minimum atomic E-state index is -0.220. The zero-order valence-electron chi connectivity index (χ0n) is 26.1. The molecule has 1 aromatic heterocycles. The lowest BCUT2D eigenvalue weighted by molar-refractivity contribution is -0.122. The first-order chi connectivity index (χ1) is 21.9. The minimum Gasteiger partial charge on any atom is -0.494 e. The van der Waals surface area contributed by atoms with Crippen molar-refractivity contribution < 1.29 is 14.3 Å². The van der Waals surface area contributed by atoms with Gasteiger partial charge in [0.1, 0.15) is 10.8 Å². The summed E-state index contributed by atoms with van der Waals surface area (Å²) in [5.41, 5.74) is 2.85. The van der Waals surface area contributed by atoms with Crippen molar-refractivity contribution in [1.82, 2.24) is 25.5 Å². The highest BCUT2D eigenvalue weighted by Gasteiger charge is 2.20. The molecule has 0 radical (unpaired) electrons. The third kappa shape index (κ3) is 8.76. The fraction of sp³-hybridized carbons (Fsp3) is 0.455. The van der Waals surface area contributed by atoms with E-state index in [1.165, 1.54) is 31.9 Å². The van der Waals surface area contributed by atoms with E-state index in [1.54, 1.807) is 32.4 Å². The van der Waals surface area contributed by atoms with Crippen LogP contribution in [0.1, 0.15) is 48.9 Å². The quantitative estimate of drug-likeness (QED) is 0.188. The molecule has 1 saturated heterocycles. The Labute approximate surface area is 270 Å². The zero-order chi connectivity index (χ0) is 31.6. The van der Waals surface area contributed by atoms with Crippen LogP contribution >= 0.6 is 11.6 Å². The third-order valence-electron chi connectivity index (χ3n) is 8.49. The number of benzene rings is 2. The topological polar surface area (TPSA) is 124 Å². The van der Waals surface area contributed by atoms with E-state index in [0.717, 1.165) is 51.4 Å². The Balaban J connectivity index is 1.13. The summed E-state index contributed by atoms with van der Waals surface area (Å²) in [6.45, 7) is 5.49.